The maximum Gasteiger partial charge on any atom is 0.270 e. The number of carbonyl (C=O) groups is 1. The Morgan fingerprint density at radius 2 is 1.78 bits per heavy atom. The van der Waals surface area contributed by atoms with Crippen LogP contribution in [-0.2, 0) is 0 Å². The Labute approximate surface area is 187 Å². The van der Waals surface area contributed by atoms with Gasteiger partial charge in [-0.1, -0.05) is 12.8 Å². The highest BCUT2D eigenvalue weighted by Gasteiger charge is 2.25. The van der Waals surface area contributed by atoms with Gasteiger partial charge in [0.1, 0.15) is 11.5 Å². The van der Waals surface area contributed by atoms with Crippen LogP contribution in [0.2, 0.25) is 0 Å². The van der Waals surface area contributed by atoms with E-state index >= 15 is 0 Å². The zero-order valence-corrected chi connectivity index (χ0v) is 18.7. The van der Waals surface area contributed by atoms with E-state index < -0.39 is 0 Å². The molecule has 5 rings (SSSR count). The molecule has 0 aromatic carbocycles. The molecule has 4 heterocycles. The van der Waals surface area contributed by atoms with Crippen molar-refractivity contribution in [2.24, 2.45) is 0 Å². The van der Waals surface area contributed by atoms with E-state index in [9.17, 15) is 4.79 Å². The molecule has 1 amide bonds. The number of fused-ring (bicyclic) bond motifs is 1. The summed E-state index contributed by atoms with van der Waals surface area (Å²) in [5.41, 5.74) is 2.78. The maximum absolute atomic E-state index is 12.9. The standard InChI is InChI=1S/C23H30N8O/c1-29(2)22(32)20-11-16-13-25-21(12-19(16)31(20)17-5-3-4-6-17)28-23-26-14-18(15-27-23)30-9-7-24-8-10-30/h11-15,17,24H,3-10H2,1-2H3,(H,25,26,27,28). The molecule has 1 aliphatic heterocycles. The number of hydrogen-bond acceptors (Lipinski definition) is 7. The summed E-state index contributed by atoms with van der Waals surface area (Å²) in [4.78, 5) is 30.3. The SMILES string of the molecule is CN(C)C(=O)c1cc2cnc(Nc3ncc(N4CCNCC4)cn3)cc2n1C1CCCC1. The molecule has 3 aromatic heterocycles. The maximum atomic E-state index is 12.9. The van der Waals surface area contributed by atoms with Crippen LogP contribution in [0.3, 0.4) is 0 Å². The Hall–Kier alpha value is -3.20. The highest BCUT2D eigenvalue weighted by atomic mass is 16.2. The number of piperazine rings is 1. The smallest absolute Gasteiger partial charge is 0.270 e. The Balaban J connectivity index is 1.43. The monoisotopic (exact) mass is 434 g/mol. The van der Waals surface area contributed by atoms with Crippen LogP contribution in [0.1, 0.15) is 42.2 Å². The third-order valence-electron chi connectivity index (χ3n) is 6.40. The Morgan fingerprint density at radius 1 is 1.06 bits per heavy atom. The number of nitrogens with one attached hydrogen (secondary N) is 2. The van der Waals surface area contributed by atoms with Gasteiger partial charge < -0.3 is 25.0 Å². The van der Waals surface area contributed by atoms with E-state index in [1.807, 2.05) is 30.7 Å². The molecule has 3 aromatic rings. The molecule has 0 unspecified atom stereocenters. The van der Waals surface area contributed by atoms with Crippen molar-refractivity contribution in [1.82, 2.24) is 29.7 Å². The molecule has 0 bridgehead atoms. The van der Waals surface area contributed by atoms with E-state index in [4.69, 9.17) is 0 Å². The van der Waals surface area contributed by atoms with Gasteiger partial charge in [0.25, 0.3) is 5.91 Å². The zero-order valence-electron chi connectivity index (χ0n) is 18.7. The van der Waals surface area contributed by atoms with E-state index in [1.165, 1.54) is 12.8 Å². The average molecular weight is 435 g/mol. The third-order valence-corrected chi connectivity index (χ3v) is 6.40. The van der Waals surface area contributed by atoms with Crippen LogP contribution in [0.25, 0.3) is 10.9 Å². The van der Waals surface area contributed by atoms with Crippen LogP contribution < -0.4 is 15.5 Å². The minimum atomic E-state index is 0.0226. The van der Waals surface area contributed by atoms with Crippen LogP contribution in [0.5, 0.6) is 0 Å². The molecule has 0 spiro atoms. The lowest BCUT2D eigenvalue weighted by Gasteiger charge is -2.28. The number of hydrogen-bond donors (Lipinski definition) is 2. The summed E-state index contributed by atoms with van der Waals surface area (Å²) < 4.78 is 2.21. The van der Waals surface area contributed by atoms with Crippen molar-refractivity contribution in [3.05, 3.63) is 36.4 Å². The second-order valence-corrected chi connectivity index (χ2v) is 8.79. The minimum Gasteiger partial charge on any atom is -0.366 e. The Morgan fingerprint density at radius 3 is 2.47 bits per heavy atom. The van der Waals surface area contributed by atoms with Gasteiger partial charge in [-0.05, 0) is 18.9 Å². The van der Waals surface area contributed by atoms with Gasteiger partial charge >= 0.3 is 0 Å². The molecule has 9 heteroatoms. The molecule has 9 nitrogen and oxygen atoms in total. The molecule has 0 radical (unpaired) electrons. The molecule has 32 heavy (non-hydrogen) atoms. The predicted octanol–water partition coefficient (Wildman–Crippen LogP) is 2.80. The van der Waals surface area contributed by atoms with Crippen molar-refractivity contribution in [2.45, 2.75) is 31.7 Å². The van der Waals surface area contributed by atoms with Gasteiger partial charge in [-0.2, -0.15) is 0 Å². The second kappa shape index (κ2) is 8.74. The Bertz CT molecular complexity index is 1100. The summed E-state index contributed by atoms with van der Waals surface area (Å²) in [6.07, 6.45) is 10.1. The molecule has 1 aliphatic carbocycles. The summed E-state index contributed by atoms with van der Waals surface area (Å²) >= 11 is 0. The van der Waals surface area contributed by atoms with Gasteiger partial charge in [-0.15, -0.1) is 0 Å². The van der Waals surface area contributed by atoms with E-state index in [0.717, 1.165) is 61.3 Å². The number of carbonyl (C=O) groups excluding carboxylic acids is 1. The van der Waals surface area contributed by atoms with E-state index in [-0.39, 0.29) is 5.91 Å². The first-order valence-electron chi connectivity index (χ1n) is 11.4. The van der Waals surface area contributed by atoms with Crippen LogP contribution >= 0.6 is 0 Å². The lowest BCUT2D eigenvalue weighted by atomic mass is 10.2. The first kappa shape index (κ1) is 20.7. The average Bonchev–Trinajstić information content (AvgIpc) is 3.47. The number of rotatable bonds is 5. The fourth-order valence-electron chi connectivity index (χ4n) is 4.73. The van der Waals surface area contributed by atoms with E-state index in [2.05, 4.69) is 35.1 Å². The molecular weight excluding hydrogens is 404 g/mol. The minimum absolute atomic E-state index is 0.0226. The molecule has 1 saturated carbocycles. The van der Waals surface area contributed by atoms with Crippen LogP contribution in [0, 0.1) is 0 Å². The first-order chi connectivity index (χ1) is 15.6. The van der Waals surface area contributed by atoms with Crippen molar-refractivity contribution in [3.63, 3.8) is 0 Å². The van der Waals surface area contributed by atoms with Crippen LogP contribution in [0.15, 0.2) is 30.7 Å². The second-order valence-electron chi connectivity index (χ2n) is 8.79. The summed E-state index contributed by atoms with van der Waals surface area (Å²) in [7, 11) is 3.59. The van der Waals surface area contributed by atoms with Crippen LogP contribution in [-0.4, -0.2) is 70.6 Å². The van der Waals surface area contributed by atoms with E-state index in [1.54, 1.807) is 19.0 Å². The quantitative estimate of drug-likeness (QED) is 0.638. The van der Waals surface area contributed by atoms with Gasteiger partial charge in [0.2, 0.25) is 5.95 Å². The van der Waals surface area contributed by atoms with Crippen molar-refractivity contribution >= 4 is 34.3 Å². The zero-order chi connectivity index (χ0) is 22.1. The summed E-state index contributed by atoms with van der Waals surface area (Å²) in [5, 5.41) is 7.56. The molecule has 2 aliphatic rings. The number of amides is 1. The number of pyridine rings is 1. The van der Waals surface area contributed by atoms with Gasteiger partial charge in [0.05, 0.1) is 23.6 Å². The topological polar surface area (TPSA) is 91.2 Å². The van der Waals surface area contributed by atoms with Crippen molar-refractivity contribution in [2.75, 3.05) is 50.5 Å². The first-order valence-corrected chi connectivity index (χ1v) is 11.4. The fourth-order valence-corrected chi connectivity index (χ4v) is 4.73. The lowest BCUT2D eigenvalue weighted by molar-refractivity contribution is 0.0815. The summed E-state index contributed by atoms with van der Waals surface area (Å²) in [6.45, 7) is 3.87. The van der Waals surface area contributed by atoms with Gasteiger partial charge in [-0.3, -0.25) is 4.79 Å². The highest BCUT2D eigenvalue weighted by molar-refractivity contribution is 5.99. The van der Waals surface area contributed by atoms with Crippen LogP contribution in [0.4, 0.5) is 17.5 Å². The number of nitrogens with zero attached hydrogens (tertiary/aromatic N) is 6. The number of aromatic nitrogens is 4. The number of anilines is 3. The highest BCUT2D eigenvalue weighted by Crippen LogP contribution is 2.35. The summed E-state index contributed by atoms with van der Waals surface area (Å²) in [6, 6.07) is 4.32. The van der Waals surface area contributed by atoms with Crippen molar-refractivity contribution < 1.29 is 4.79 Å². The van der Waals surface area contributed by atoms with Crippen molar-refractivity contribution in [3.8, 4) is 0 Å². The molecular formula is C23H30N8O. The van der Waals surface area contributed by atoms with Gasteiger partial charge in [-0.25, -0.2) is 15.0 Å². The van der Waals surface area contributed by atoms with Crippen molar-refractivity contribution in [1.29, 1.82) is 0 Å². The molecule has 168 valence electrons. The molecule has 0 atom stereocenters. The molecule has 2 fully saturated rings. The molecule has 2 N–H and O–H groups in total. The third kappa shape index (κ3) is 4.00. The lowest BCUT2D eigenvalue weighted by Crippen LogP contribution is -2.43. The van der Waals surface area contributed by atoms with Gasteiger partial charge in [0.15, 0.2) is 0 Å². The Kier molecular flexibility index (Phi) is 5.65. The fraction of sp³-hybridized carbons (Fsp3) is 0.478. The van der Waals surface area contributed by atoms with Gasteiger partial charge in [0, 0.05) is 64.0 Å². The summed E-state index contributed by atoms with van der Waals surface area (Å²) in [5.74, 6) is 1.21. The van der Waals surface area contributed by atoms with E-state index in [0.29, 0.717) is 17.8 Å². The predicted molar refractivity (Wildman–Crippen MR) is 126 cm³/mol. The molecule has 1 saturated heterocycles. The largest absolute Gasteiger partial charge is 0.366 e. The normalized spacial score (nSPS) is 17.1.